The normalized spacial score (nSPS) is 25.4. The van der Waals surface area contributed by atoms with Crippen LogP contribution in [0.4, 0.5) is 0 Å². The van der Waals surface area contributed by atoms with Gasteiger partial charge in [-0.2, -0.15) is 4.40 Å². The van der Waals surface area contributed by atoms with Gasteiger partial charge in [-0.25, -0.2) is 4.57 Å². The van der Waals surface area contributed by atoms with Gasteiger partial charge in [0.15, 0.2) is 0 Å². The van der Waals surface area contributed by atoms with E-state index in [0.717, 1.165) is 26.6 Å². The minimum atomic E-state index is -1.35. The van der Waals surface area contributed by atoms with Gasteiger partial charge in [0.25, 0.3) is 6.33 Å². The number of aryl methyl sites for hydroxylation is 1. The summed E-state index contributed by atoms with van der Waals surface area (Å²) in [5.41, 5.74) is 0.567. The molecule has 0 bridgehead atoms. The second kappa shape index (κ2) is 7.16. The van der Waals surface area contributed by atoms with E-state index in [0.29, 0.717) is 5.57 Å². The van der Waals surface area contributed by atoms with Crippen molar-refractivity contribution in [3.05, 3.63) is 23.1 Å². The van der Waals surface area contributed by atoms with Crippen molar-refractivity contribution in [2.24, 2.45) is 11.8 Å². The molecule has 0 radical (unpaired) electrons. The third-order valence-electron chi connectivity index (χ3n) is 5.55. The minimum Gasteiger partial charge on any atom is -0.543 e. The third kappa shape index (κ3) is 2.68. The maximum absolute atomic E-state index is 12.5. The predicted octanol–water partition coefficient (Wildman–Crippen LogP) is 0.724. The molecule has 10 heteroatoms. The molecule has 7 nitrogen and oxygen atoms in total. The van der Waals surface area contributed by atoms with Crippen LogP contribution in [0.5, 0.6) is 0 Å². The van der Waals surface area contributed by atoms with Crippen molar-refractivity contribution in [3.8, 4) is 0 Å². The zero-order valence-corrected chi connectivity index (χ0v) is 18.8. The van der Waals surface area contributed by atoms with E-state index in [1.807, 2.05) is 30.1 Å². The Bertz CT molecular complexity index is 1010. The number of imidazole rings is 1. The van der Waals surface area contributed by atoms with E-state index >= 15 is 0 Å². The monoisotopic (exact) mass is 485 g/mol. The quantitative estimate of drug-likeness (QED) is 0.282. The number of fused-ring (bicyclic) bond motifs is 2. The summed E-state index contributed by atoms with van der Waals surface area (Å²) in [4.78, 5) is 27.6. The molecule has 0 spiro atoms. The van der Waals surface area contributed by atoms with Gasteiger partial charge in [-0.1, -0.05) is 46.0 Å². The van der Waals surface area contributed by atoms with Crippen molar-refractivity contribution in [1.29, 1.82) is 0 Å². The molecule has 28 heavy (non-hydrogen) atoms. The number of aliphatic hydroxyl groups excluding tert-OH is 1. The number of carbonyl (C=O) groups is 2. The molecule has 2 aromatic heterocycles. The molecule has 1 N–H and O–H groups in total. The van der Waals surface area contributed by atoms with Crippen molar-refractivity contribution in [2.75, 3.05) is 11.6 Å². The molecule has 4 atom stereocenters. The second-order valence-electron chi connectivity index (χ2n) is 7.12. The van der Waals surface area contributed by atoms with E-state index in [2.05, 4.69) is 20.5 Å². The summed E-state index contributed by atoms with van der Waals surface area (Å²) in [6.45, 7) is 4.33. The molecule has 150 valence electrons. The fourth-order valence-electron chi connectivity index (χ4n) is 4.40. The highest BCUT2D eigenvalue weighted by molar-refractivity contribution is 9.09. The molecule has 2 aliphatic heterocycles. The molecule has 0 unspecified atom stereocenters. The topological polar surface area (TPSA) is 89.7 Å². The number of alkyl halides is 1. The average molecular weight is 486 g/mol. The Labute approximate surface area is 178 Å². The number of rotatable bonds is 6. The third-order valence-corrected chi connectivity index (χ3v) is 8.00. The van der Waals surface area contributed by atoms with Gasteiger partial charge in [-0.3, -0.25) is 4.79 Å². The summed E-state index contributed by atoms with van der Waals surface area (Å²) >= 11 is 6.62. The van der Waals surface area contributed by atoms with Crippen molar-refractivity contribution < 1.29 is 24.2 Å². The number of thioether (sulfide) groups is 1. The van der Waals surface area contributed by atoms with E-state index in [4.69, 9.17) is 0 Å². The van der Waals surface area contributed by atoms with E-state index in [-0.39, 0.29) is 23.6 Å². The molecule has 0 saturated carbocycles. The van der Waals surface area contributed by atoms with Crippen molar-refractivity contribution in [2.45, 2.75) is 37.6 Å². The molecule has 2 aliphatic rings. The lowest BCUT2D eigenvalue weighted by atomic mass is 9.77. The SMILES string of the molecule is CSc1c2sc(C3=C(C(=O)[O-])N4C(=O)[C@H]([C@@H](C)O)[C@H]4[C@H]3C)c[n+]2cn1CCBr. The summed E-state index contributed by atoms with van der Waals surface area (Å²) in [6, 6.07) is -0.338. The molecule has 2 aromatic rings. The van der Waals surface area contributed by atoms with E-state index < -0.39 is 18.0 Å². The van der Waals surface area contributed by atoms with Crippen molar-refractivity contribution in [3.63, 3.8) is 0 Å². The molecule has 1 amide bonds. The number of aromatic nitrogens is 2. The lowest BCUT2D eigenvalue weighted by molar-refractivity contribution is -0.508. The second-order valence-corrected chi connectivity index (χ2v) is 9.74. The summed E-state index contributed by atoms with van der Waals surface area (Å²) in [7, 11) is 0. The Morgan fingerprint density at radius 1 is 1.54 bits per heavy atom. The van der Waals surface area contributed by atoms with Crippen molar-refractivity contribution >= 4 is 61.3 Å². The summed E-state index contributed by atoms with van der Waals surface area (Å²) < 4.78 is 4.16. The van der Waals surface area contributed by atoms with Crippen LogP contribution in [0.3, 0.4) is 0 Å². The Balaban J connectivity index is 1.83. The van der Waals surface area contributed by atoms with E-state index in [9.17, 15) is 19.8 Å². The molecular weight excluding hydrogens is 466 g/mol. The van der Waals surface area contributed by atoms with Crippen LogP contribution in [0, 0.1) is 11.8 Å². The number of aliphatic hydroxyl groups is 1. The summed E-state index contributed by atoms with van der Waals surface area (Å²) in [5.74, 6) is -2.46. The number of hydrogen-bond acceptors (Lipinski definition) is 6. The Kier molecular flexibility index (Phi) is 5.09. The molecule has 0 aliphatic carbocycles. The number of halogens is 1. The van der Waals surface area contributed by atoms with Gasteiger partial charge >= 0.3 is 0 Å². The van der Waals surface area contributed by atoms with Crippen LogP contribution >= 0.6 is 39.0 Å². The van der Waals surface area contributed by atoms with Gasteiger partial charge in [0.1, 0.15) is 12.7 Å². The number of β-lactam (4-membered cyclic amide) rings is 1. The van der Waals surface area contributed by atoms with Crippen LogP contribution in [0.1, 0.15) is 18.7 Å². The standard InChI is InChI=1S/C18H20BrN3O4S2/c1-8-11(14(18(25)26)22-13(8)12(9(2)23)15(22)24)10-6-21-7-20(5-4-19)16(27-3)17(21)28-10/h6-9,12-13,23H,4-5H2,1-3H3/t8-,9+,12+,13+/m0/s1. The highest BCUT2D eigenvalue weighted by Gasteiger charge is 2.59. The number of thiazole rings is 1. The number of hydrogen-bond donors (Lipinski definition) is 1. The van der Waals surface area contributed by atoms with Crippen LogP contribution < -0.4 is 9.51 Å². The number of nitrogens with zero attached hydrogens (tertiary/aromatic N) is 3. The fourth-order valence-corrected chi connectivity index (χ4v) is 6.98. The number of carboxylic acids is 1. The molecule has 1 saturated heterocycles. The lowest BCUT2D eigenvalue weighted by Gasteiger charge is -2.47. The van der Waals surface area contributed by atoms with Gasteiger partial charge in [-0.05, 0) is 13.2 Å². The van der Waals surface area contributed by atoms with Gasteiger partial charge in [0.05, 0.1) is 34.6 Å². The minimum absolute atomic E-state index is 0.0528. The van der Waals surface area contributed by atoms with Crippen LogP contribution in [-0.2, 0) is 16.1 Å². The van der Waals surface area contributed by atoms with Gasteiger partial charge in [0.2, 0.25) is 15.8 Å². The first-order chi connectivity index (χ1) is 13.3. The number of aliphatic carboxylic acids is 1. The van der Waals surface area contributed by atoms with Crippen molar-refractivity contribution in [1.82, 2.24) is 9.47 Å². The molecule has 0 aromatic carbocycles. The summed E-state index contributed by atoms with van der Waals surface area (Å²) in [5, 5.41) is 23.8. The number of amides is 1. The fraction of sp³-hybridized carbons (Fsp3) is 0.500. The van der Waals surface area contributed by atoms with Crippen LogP contribution in [0.2, 0.25) is 0 Å². The highest BCUT2D eigenvalue weighted by Crippen LogP contribution is 2.51. The molecule has 4 rings (SSSR count). The molecule has 1 fully saturated rings. The first kappa shape index (κ1) is 19.9. The Morgan fingerprint density at radius 3 is 2.82 bits per heavy atom. The highest BCUT2D eigenvalue weighted by atomic mass is 79.9. The zero-order chi connectivity index (χ0) is 20.3. The first-order valence-corrected chi connectivity index (χ1v) is 12.1. The summed E-state index contributed by atoms with van der Waals surface area (Å²) in [6.07, 6.45) is 5.12. The van der Waals surface area contributed by atoms with Gasteiger partial charge in [0, 0.05) is 16.8 Å². The van der Waals surface area contributed by atoms with Crippen LogP contribution in [0.25, 0.3) is 10.4 Å². The Hall–Kier alpha value is -1.36. The lowest BCUT2D eigenvalue weighted by Crippen LogP contribution is -2.64. The Morgan fingerprint density at radius 2 is 2.25 bits per heavy atom. The molecular formula is C18H20BrN3O4S2. The molecule has 4 heterocycles. The maximum Gasteiger partial charge on any atom is 0.250 e. The van der Waals surface area contributed by atoms with Crippen LogP contribution in [0.15, 0.2) is 23.2 Å². The first-order valence-electron chi connectivity index (χ1n) is 8.92. The van der Waals surface area contributed by atoms with Gasteiger partial charge < -0.3 is 19.9 Å². The predicted molar refractivity (Wildman–Crippen MR) is 108 cm³/mol. The largest absolute Gasteiger partial charge is 0.543 e. The van der Waals surface area contributed by atoms with E-state index in [1.54, 1.807) is 18.7 Å². The maximum atomic E-state index is 12.5. The number of carboxylic acid groups (broad SMARTS) is 1. The van der Waals surface area contributed by atoms with E-state index in [1.165, 1.54) is 16.2 Å². The van der Waals surface area contributed by atoms with Gasteiger partial charge in [-0.15, -0.1) is 0 Å². The average Bonchev–Trinajstić information content (AvgIpc) is 3.22. The smallest absolute Gasteiger partial charge is 0.250 e. The van der Waals surface area contributed by atoms with Crippen LogP contribution in [-0.4, -0.2) is 50.2 Å². The number of carbonyl (C=O) groups excluding carboxylic acids is 2. The zero-order valence-electron chi connectivity index (χ0n) is 15.6.